The molecule has 1 unspecified atom stereocenters. The van der Waals surface area contributed by atoms with Crippen molar-refractivity contribution in [3.05, 3.63) is 90.0 Å². The van der Waals surface area contributed by atoms with Crippen LogP contribution in [0, 0.1) is 5.92 Å². The Morgan fingerprint density at radius 3 is 2.25 bits per heavy atom. The number of benzene rings is 3. The normalized spacial score (nSPS) is 11.6. The van der Waals surface area contributed by atoms with Crippen LogP contribution < -0.4 is 10.6 Å². The van der Waals surface area contributed by atoms with Crippen LogP contribution >= 0.6 is 12.6 Å². The summed E-state index contributed by atoms with van der Waals surface area (Å²) in [6.07, 6.45) is 1.29. The number of tetrazole rings is 1. The van der Waals surface area contributed by atoms with Crippen molar-refractivity contribution in [3.8, 4) is 22.5 Å². The smallest absolute Gasteiger partial charge is 0.251 e. The van der Waals surface area contributed by atoms with Crippen LogP contribution in [0.1, 0.15) is 22.3 Å². The molecule has 0 fully saturated rings. The molecule has 1 aromatic heterocycles. The molecule has 0 radical (unpaired) electrons. The number of carbonyl (C=O) groups is 2. The van der Waals surface area contributed by atoms with Gasteiger partial charge in [-0.1, -0.05) is 66.7 Å². The van der Waals surface area contributed by atoms with Crippen LogP contribution in [0.25, 0.3) is 22.5 Å². The largest absolute Gasteiger partial charge is 0.356 e. The molecule has 184 valence electrons. The third-order valence-electron chi connectivity index (χ3n) is 5.83. The molecule has 0 aliphatic rings. The van der Waals surface area contributed by atoms with Crippen LogP contribution in [0.3, 0.4) is 0 Å². The van der Waals surface area contributed by atoms with E-state index in [1.807, 2.05) is 66.7 Å². The quantitative estimate of drug-likeness (QED) is 0.186. The number of aromatic amines is 1. The highest BCUT2D eigenvalue weighted by atomic mass is 32.1. The molecule has 0 spiro atoms. The summed E-state index contributed by atoms with van der Waals surface area (Å²) in [5.41, 5.74) is 4.44. The molecule has 0 bridgehead atoms. The zero-order valence-electron chi connectivity index (χ0n) is 19.7. The zero-order chi connectivity index (χ0) is 25.2. The van der Waals surface area contributed by atoms with Gasteiger partial charge in [-0.2, -0.15) is 17.8 Å². The number of amides is 2. The Bertz CT molecular complexity index is 1260. The minimum atomic E-state index is -0.186. The molecular formula is C27H28N6O2S. The molecule has 0 saturated carbocycles. The molecule has 9 heteroatoms. The predicted molar refractivity (Wildman–Crippen MR) is 142 cm³/mol. The van der Waals surface area contributed by atoms with E-state index < -0.39 is 0 Å². The standard InChI is InChI=1S/C27H28N6O2S/c34-26(28-15-6-16-29-27(35)22(18-36)17-19-7-2-1-3-8-19)21-13-11-20(12-14-21)23-9-4-5-10-24(23)25-30-32-33-31-25/h1-5,7-14,22,36H,6,15-18H2,(H,28,34)(H,29,35)(H,30,31,32,33). The number of nitrogens with one attached hydrogen (secondary N) is 3. The average Bonchev–Trinajstić information content (AvgIpc) is 3.47. The van der Waals surface area contributed by atoms with Crippen molar-refractivity contribution < 1.29 is 9.59 Å². The number of nitrogens with zero attached hydrogens (tertiary/aromatic N) is 3. The van der Waals surface area contributed by atoms with E-state index in [2.05, 4.69) is 43.9 Å². The second-order valence-electron chi connectivity index (χ2n) is 8.33. The first kappa shape index (κ1) is 25.1. The Balaban J connectivity index is 1.24. The molecule has 0 saturated heterocycles. The van der Waals surface area contributed by atoms with Crippen LogP contribution in [0.2, 0.25) is 0 Å². The third-order valence-corrected chi connectivity index (χ3v) is 6.27. The second-order valence-corrected chi connectivity index (χ2v) is 8.69. The van der Waals surface area contributed by atoms with Crippen molar-refractivity contribution >= 4 is 24.4 Å². The molecule has 4 aromatic rings. The zero-order valence-corrected chi connectivity index (χ0v) is 20.6. The van der Waals surface area contributed by atoms with Gasteiger partial charge in [0.1, 0.15) is 0 Å². The lowest BCUT2D eigenvalue weighted by molar-refractivity contribution is -0.124. The first-order valence-corrected chi connectivity index (χ1v) is 12.4. The summed E-state index contributed by atoms with van der Waals surface area (Å²) in [5.74, 6) is 0.635. The van der Waals surface area contributed by atoms with Crippen LogP contribution in [-0.2, 0) is 11.2 Å². The fourth-order valence-corrected chi connectivity index (χ4v) is 4.19. The highest BCUT2D eigenvalue weighted by Crippen LogP contribution is 2.29. The van der Waals surface area contributed by atoms with Gasteiger partial charge in [0.2, 0.25) is 11.7 Å². The molecule has 8 nitrogen and oxygen atoms in total. The van der Waals surface area contributed by atoms with Crippen molar-refractivity contribution in [2.75, 3.05) is 18.8 Å². The number of H-pyrrole nitrogens is 1. The maximum absolute atomic E-state index is 12.6. The molecule has 36 heavy (non-hydrogen) atoms. The number of aromatic nitrogens is 4. The van der Waals surface area contributed by atoms with Gasteiger partial charge in [0.15, 0.2) is 0 Å². The van der Waals surface area contributed by atoms with Crippen LogP contribution in [0.5, 0.6) is 0 Å². The van der Waals surface area contributed by atoms with Gasteiger partial charge in [-0.3, -0.25) is 9.59 Å². The van der Waals surface area contributed by atoms with E-state index in [1.54, 1.807) is 12.1 Å². The van der Waals surface area contributed by atoms with Crippen LogP contribution in [0.15, 0.2) is 78.9 Å². The van der Waals surface area contributed by atoms with Crippen molar-refractivity contribution in [2.45, 2.75) is 12.8 Å². The first-order chi connectivity index (χ1) is 17.7. The Morgan fingerprint density at radius 1 is 0.861 bits per heavy atom. The Hall–Kier alpha value is -3.98. The number of rotatable bonds is 11. The summed E-state index contributed by atoms with van der Waals surface area (Å²) in [4.78, 5) is 25.0. The monoisotopic (exact) mass is 500 g/mol. The minimum Gasteiger partial charge on any atom is -0.356 e. The summed E-state index contributed by atoms with van der Waals surface area (Å²) in [7, 11) is 0. The summed E-state index contributed by atoms with van der Waals surface area (Å²) in [6.45, 7) is 0.954. The van der Waals surface area contributed by atoms with Gasteiger partial charge in [-0.05, 0) is 46.9 Å². The maximum Gasteiger partial charge on any atom is 0.251 e. The summed E-state index contributed by atoms with van der Waals surface area (Å²) < 4.78 is 0. The molecule has 4 rings (SSSR count). The van der Waals surface area contributed by atoms with Gasteiger partial charge in [0, 0.05) is 30.0 Å². The fourth-order valence-electron chi connectivity index (χ4n) is 3.89. The van der Waals surface area contributed by atoms with E-state index in [-0.39, 0.29) is 17.7 Å². The Morgan fingerprint density at radius 2 is 1.56 bits per heavy atom. The SMILES string of the molecule is O=C(NCCCNC(=O)C(CS)Cc1ccccc1)c1ccc(-c2ccccc2-c2nn[nH]n2)cc1. The number of thiol groups is 1. The number of carbonyl (C=O) groups excluding carboxylic acids is 2. The summed E-state index contributed by atoms with van der Waals surface area (Å²) >= 11 is 4.34. The first-order valence-electron chi connectivity index (χ1n) is 11.8. The van der Waals surface area contributed by atoms with Gasteiger partial charge in [-0.15, -0.1) is 10.2 Å². The molecule has 3 aromatic carbocycles. The molecule has 3 N–H and O–H groups in total. The van der Waals surface area contributed by atoms with Gasteiger partial charge >= 0.3 is 0 Å². The van der Waals surface area contributed by atoms with Crippen molar-refractivity contribution in [1.82, 2.24) is 31.3 Å². The Labute approximate surface area is 215 Å². The lowest BCUT2D eigenvalue weighted by Gasteiger charge is -2.15. The maximum atomic E-state index is 12.6. The van der Waals surface area contributed by atoms with Gasteiger partial charge < -0.3 is 10.6 Å². The molecule has 0 aliphatic heterocycles. The minimum absolute atomic E-state index is 0.0168. The van der Waals surface area contributed by atoms with Gasteiger partial charge in [0.05, 0.1) is 5.92 Å². The van der Waals surface area contributed by atoms with E-state index in [0.717, 1.165) is 22.3 Å². The van der Waals surface area contributed by atoms with Crippen molar-refractivity contribution in [3.63, 3.8) is 0 Å². The van der Waals surface area contributed by atoms with Crippen molar-refractivity contribution in [2.24, 2.45) is 5.92 Å². The van der Waals surface area contributed by atoms with E-state index in [9.17, 15) is 9.59 Å². The molecule has 2 amide bonds. The predicted octanol–water partition coefficient (Wildman–Crippen LogP) is 3.56. The third kappa shape index (κ3) is 6.57. The lowest BCUT2D eigenvalue weighted by atomic mass is 9.98. The van der Waals surface area contributed by atoms with Crippen LogP contribution in [0.4, 0.5) is 0 Å². The fraction of sp³-hybridized carbons (Fsp3) is 0.222. The van der Waals surface area contributed by atoms with E-state index >= 15 is 0 Å². The number of hydrogen-bond acceptors (Lipinski definition) is 6. The molecular weight excluding hydrogens is 472 g/mol. The second kappa shape index (κ2) is 12.6. The van der Waals surface area contributed by atoms with Crippen molar-refractivity contribution in [1.29, 1.82) is 0 Å². The van der Waals surface area contributed by atoms with E-state index in [4.69, 9.17) is 0 Å². The highest BCUT2D eigenvalue weighted by molar-refractivity contribution is 7.80. The van der Waals surface area contributed by atoms with Gasteiger partial charge in [-0.25, -0.2) is 0 Å². The number of hydrogen-bond donors (Lipinski definition) is 4. The molecule has 1 atom stereocenters. The topological polar surface area (TPSA) is 113 Å². The molecule has 1 heterocycles. The van der Waals surface area contributed by atoms with E-state index in [1.165, 1.54) is 0 Å². The lowest BCUT2D eigenvalue weighted by Crippen LogP contribution is -2.35. The summed E-state index contributed by atoms with van der Waals surface area (Å²) in [6, 6.07) is 25.1. The Kier molecular flexibility index (Phi) is 8.82. The van der Waals surface area contributed by atoms with E-state index in [0.29, 0.717) is 43.1 Å². The van der Waals surface area contributed by atoms with Gasteiger partial charge in [0.25, 0.3) is 5.91 Å². The highest BCUT2D eigenvalue weighted by Gasteiger charge is 2.17. The van der Waals surface area contributed by atoms with Crippen LogP contribution in [-0.4, -0.2) is 51.3 Å². The molecule has 0 aliphatic carbocycles. The average molecular weight is 501 g/mol. The summed E-state index contributed by atoms with van der Waals surface area (Å²) in [5, 5.41) is 20.1.